The second-order valence-electron chi connectivity index (χ2n) is 9.75. The van der Waals surface area contributed by atoms with Crippen LogP contribution in [0, 0.1) is 23.7 Å². The van der Waals surface area contributed by atoms with E-state index in [-0.39, 0.29) is 17.9 Å². The lowest BCUT2D eigenvalue weighted by atomic mass is 9.75. The molecule has 0 amide bonds. The van der Waals surface area contributed by atoms with Gasteiger partial charge in [-0.2, -0.15) is 0 Å². The van der Waals surface area contributed by atoms with Crippen LogP contribution in [0.4, 0.5) is 10.2 Å². The molecule has 3 atom stereocenters. The largest absolute Gasteiger partial charge is 0.376 e. The average Bonchev–Trinajstić information content (AvgIpc) is 3.20. The number of ether oxygens (including phenoxy) is 1. The van der Waals surface area contributed by atoms with Gasteiger partial charge in [0.05, 0.1) is 11.8 Å². The van der Waals surface area contributed by atoms with Crippen LogP contribution >= 0.6 is 0 Å². The molecule has 5 heterocycles. The number of aromatic nitrogens is 1. The molecular formula is C27H32FN3O2. The molecule has 1 N–H and O–H groups in total. The van der Waals surface area contributed by atoms with Crippen LogP contribution in [0.5, 0.6) is 0 Å². The van der Waals surface area contributed by atoms with Gasteiger partial charge in [0.2, 0.25) is 0 Å². The standard InChI is InChI=1S/C27H32FN3O2/c1-20-16-31(17-25(20)33-19-28)26-8-7-22(24(29-26)15-21-5-3-2-4-6-21)9-12-27(32)18-30-13-10-23(27)11-14-30/h2-8,20,23,25,32H,10-11,13-19H2,1H3/t20-,25+,27+/m0/s1. The number of piperidine rings is 3. The summed E-state index contributed by atoms with van der Waals surface area (Å²) in [6.45, 7) is 5.49. The van der Waals surface area contributed by atoms with E-state index >= 15 is 0 Å². The summed E-state index contributed by atoms with van der Waals surface area (Å²) >= 11 is 0. The zero-order chi connectivity index (χ0) is 22.8. The molecule has 0 radical (unpaired) electrons. The molecule has 0 spiro atoms. The summed E-state index contributed by atoms with van der Waals surface area (Å²) in [5.74, 6) is 7.90. The second-order valence-corrected chi connectivity index (χ2v) is 9.75. The van der Waals surface area contributed by atoms with Crippen molar-refractivity contribution in [3.05, 3.63) is 59.3 Å². The first kappa shape index (κ1) is 22.3. The quantitative estimate of drug-likeness (QED) is 0.711. The SMILES string of the molecule is C[C@H]1CN(c2ccc(C#C[C@@]3(O)CN4CCC3CC4)c(Cc3ccccc3)n2)C[C@H]1OCF. The Morgan fingerprint density at radius 1 is 1.15 bits per heavy atom. The average molecular weight is 450 g/mol. The first-order valence-electron chi connectivity index (χ1n) is 12.0. The molecular weight excluding hydrogens is 417 g/mol. The normalized spacial score (nSPS) is 30.8. The van der Waals surface area contributed by atoms with Gasteiger partial charge in [-0.3, -0.25) is 4.90 Å². The number of alkyl halides is 1. The van der Waals surface area contributed by atoms with E-state index in [1.54, 1.807) is 0 Å². The maximum absolute atomic E-state index is 12.7. The van der Waals surface area contributed by atoms with E-state index in [1.165, 1.54) is 5.56 Å². The minimum atomic E-state index is -0.944. The predicted molar refractivity (Wildman–Crippen MR) is 127 cm³/mol. The molecule has 33 heavy (non-hydrogen) atoms. The molecule has 2 aromatic rings. The Hall–Kier alpha value is -2.46. The van der Waals surface area contributed by atoms with Gasteiger partial charge in [0.15, 0.2) is 6.86 Å². The van der Waals surface area contributed by atoms with Crippen molar-refractivity contribution in [3.8, 4) is 11.8 Å². The van der Waals surface area contributed by atoms with Crippen LogP contribution in [-0.4, -0.2) is 66.3 Å². The molecule has 5 nitrogen and oxygen atoms in total. The fraction of sp³-hybridized carbons (Fsp3) is 0.519. The number of aliphatic hydroxyl groups is 1. The first-order chi connectivity index (χ1) is 16.0. The van der Waals surface area contributed by atoms with Crippen LogP contribution in [0.1, 0.15) is 36.6 Å². The molecule has 6 rings (SSSR count). The Labute approximate surface area is 195 Å². The molecule has 0 aliphatic carbocycles. The van der Waals surface area contributed by atoms with Gasteiger partial charge >= 0.3 is 0 Å². The molecule has 4 saturated heterocycles. The number of nitrogens with zero attached hydrogens (tertiary/aromatic N) is 3. The molecule has 1 aromatic carbocycles. The number of hydrogen-bond donors (Lipinski definition) is 1. The molecule has 2 bridgehead atoms. The van der Waals surface area contributed by atoms with Crippen LogP contribution in [-0.2, 0) is 11.2 Å². The minimum absolute atomic E-state index is 0.125. The lowest BCUT2D eigenvalue weighted by molar-refractivity contribution is -0.0713. The topological polar surface area (TPSA) is 48.8 Å². The fourth-order valence-electron chi connectivity index (χ4n) is 5.48. The van der Waals surface area contributed by atoms with Crippen LogP contribution < -0.4 is 4.90 Å². The number of halogens is 1. The molecule has 4 fully saturated rings. The van der Waals surface area contributed by atoms with Gasteiger partial charge in [-0.05, 0) is 43.6 Å². The first-order valence-corrected chi connectivity index (χ1v) is 12.0. The predicted octanol–water partition coefficient (Wildman–Crippen LogP) is 3.25. The summed E-state index contributed by atoms with van der Waals surface area (Å²) in [6.07, 6.45) is 2.56. The number of hydrogen-bond acceptors (Lipinski definition) is 5. The molecule has 0 unspecified atom stereocenters. The second kappa shape index (κ2) is 9.42. The van der Waals surface area contributed by atoms with Gasteiger partial charge in [-0.15, -0.1) is 0 Å². The summed E-state index contributed by atoms with van der Waals surface area (Å²) in [4.78, 5) is 9.47. The monoisotopic (exact) mass is 449 g/mol. The summed E-state index contributed by atoms with van der Waals surface area (Å²) in [7, 11) is 0. The van der Waals surface area contributed by atoms with Gasteiger partial charge < -0.3 is 14.7 Å². The zero-order valence-electron chi connectivity index (χ0n) is 19.2. The van der Waals surface area contributed by atoms with Crippen molar-refractivity contribution in [2.24, 2.45) is 11.8 Å². The van der Waals surface area contributed by atoms with Gasteiger partial charge in [-0.1, -0.05) is 49.1 Å². The van der Waals surface area contributed by atoms with E-state index in [2.05, 4.69) is 40.7 Å². The number of rotatable bonds is 5. The Kier molecular flexibility index (Phi) is 6.38. The van der Waals surface area contributed by atoms with Crippen LogP contribution in [0.3, 0.4) is 0 Å². The molecule has 6 heteroatoms. The van der Waals surface area contributed by atoms with Crippen molar-refractivity contribution in [2.75, 3.05) is 44.5 Å². The Balaban J connectivity index is 1.44. The minimum Gasteiger partial charge on any atom is -0.376 e. The van der Waals surface area contributed by atoms with E-state index in [0.29, 0.717) is 19.5 Å². The highest BCUT2D eigenvalue weighted by Gasteiger charge is 2.44. The maximum Gasteiger partial charge on any atom is 0.188 e. The molecule has 0 saturated carbocycles. The lowest BCUT2D eigenvalue weighted by Crippen LogP contribution is -2.58. The van der Waals surface area contributed by atoms with E-state index < -0.39 is 12.5 Å². The zero-order valence-corrected chi connectivity index (χ0v) is 19.2. The van der Waals surface area contributed by atoms with E-state index in [0.717, 1.165) is 49.6 Å². The van der Waals surface area contributed by atoms with Crippen LogP contribution in [0.2, 0.25) is 0 Å². The Morgan fingerprint density at radius 3 is 2.64 bits per heavy atom. The van der Waals surface area contributed by atoms with Gasteiger partial charge in [0, 0.05) is 43.5 Å². The van der Waals surface area contributed by atoms with Gasteiger partial charge in [0.25, 0.3) is 0 Å². The Bertz CT molecular complexity index is 1030. The summed E-state index contributed by atoms with van der Waals surface area (Å²) in [5, 5.41) is 11.3. The Morgan fingerprint density at radius 2 is 1.94 bits per heavy atom. The third-order valence-corrected chi connectivity index (χ3v) is 7.46. The number of benzene rings is 1. The highest BCUT2D eigenvalue weighted by Crippen LogP contribution is 2.35. The van der Waals surface area contributed by atoms with Gasteiger partial charge in [0.1, 0.15) is 11.4 Å². The number of anilines is 1. The van der Waals surface area contributed by atoms with Crippen molar-refractivity contribution >= 4 is 5.82 Å². The van der Waals surface area contributed by atoms with Crippen LogP contribution in [0.15, 0.2) is 42.5 Å². The van der Waals surface area contributed by atoms with Crippen LogP contribution in [0.25, 0.3) is 0 Å². The van der Waals surface area contributed by atoms with Crippen molar-refractivity contribution in [1.82, 2.24) is 9.88 Å². The highest BCUT2D eigenvalue weighted by atomic mass is 19.1. The summed E-state index contributed by atoms with van der Waals surface area (Å²) in [6, 6.07) is 14.3. The summed E-state index contributed by atoms with van der Waals surface area (Å²) < 4.78 is 18.0. The molecule has 4 aliphatic heterocycles. The van der Waals surface area contributed by atoms with Crippen molar-refractivity contribution in [1.29, 1.82) is 0 Å². The van der Waals surface area contributed by atoms with Crippen molar-refractivity contribution < 1.29 is 14.2 Å². The number of fused-ring (bicyclic) bond motifs is 3. The third-order valence-electron chi connectivity index (χ3n) is 7.46. The number of pyridine rings is 1. The maximum atomic E-state index is 12.7. The highest BCUT2D eigenvalue weighted by molar-refractivity contribution is 5.50. The van der Waals surface area contributed by atoms with Gasteiger partial charge in [-0.25, -0.2) is 9.37 Å². The molecule has 4 aliphatic rings. The van der Waals surface area contributed by atoms with E-state index in [4.69, 9.17) is 9.72 Å². The van der Waals surface area contributed by atoms with E-state index in [1.807, 2.05) is 30.3 Å². The van der Waals surface area contributed by atoms with Crippen molar-refractivity contribution in [2.45, 2.75) is 37.9 Å². The third kappa shape index (κ3) is 4.77. The van der Waals surface area contributed by atoms with E-state index in [9.17, 15) is 9.50 Å². The van der Waals surface area contributed by atoms with Crippen molar-refractivity contribution in [3.63, 3.8) is 0 Å². The summed E-state index contributed by atoms with van der Waals surface area (Å²) in [5.41, 5.74) is 1.98. The fourth-order valence-corrected chi connectivity index (χ4v) is 5.48. The molecule has 1 aromatic heterocycles. The smallest absolute Gasteiger partial charge is 0.188 e. The lowest BCUT2D eigenvalue weighted by Gasteiger charge is -2.47. The molecule has 174 valence electrons.